The molecular weight excluding hydrogens is 531 g/mol. The first-order chi connectivity index (χ1) is 18.3. The Hall–Kier alpha value is -4.10. The average molecular weight is 555 g/mol. The molecule has 0 aliphatic rings. The van der Waals surface area contributed by atoms with Crippen molar-refractivity contribution < 1.29 is 23.5 Å². The quantitative estimate of drug-likeness (QED) is 0.153. The van der Waals surface area contributed by atoms with Crippen LogP contribution in [0.4, 0.5) is 15.2 Å². The number of carbonyl (C=O) groups is 3. The Kier molecular flexibility index (Phi) is 8.81. The second-order valence-corrected chi connectivity index (χ2v) is 10.1. The Morgan fingerprint density at radius 2 is 1.79 bits per heavy atom. The molecule has 0 unspecified atom stereocenters. The molecule has 0 fully saturated rings. The van der Waals surface area contributed by atoms with Gasteiger partial charge in [0.1, 0.15) is 5.82 Å². The van der Waals surface area contributed by atoms with Gasteiger partial charge in [-0.3, -0.25) is 19.7 Å². The predicted octanol–water partition coefficient (Wildman–Crippen LogP) is 4.84. The third kappa shape index (κ3) is 7.01. The number of Topliss-reactive ketones (excluding diaryl/α,β-unsaturated/α-hetero) is 1. The molecule has 38 heavy (non-hydrogen) atoms. The van der Waals surface area contributed by atoms with Crippen molar-refractivity contribution in [2.24, 2.45) is 0 Å². The number of nitrogens with zero attached hydrogens (tertiary/aromatic N) is 4. The fourth-order valence-electron chi connectivity index (χ4n) is 3.15. The molecule has 0 saturated carbocycles. The monoisotopic (exact) mass is 554 g/mol. The van der Waals surface area contributed by atoms with Crippen molar-refractivity contribution in [2.45, 2.75) is 24.6 Å². The maximum absolute atomic E-state index is 13.3. The molecule has 2 amide bonds. The van der Waals surface area contributed by atoms with Gasteiger partial charge < -0.3 is 10.1 Å². The molecule has 2 aromatic heterocycles. The van der Waals surface area contributed by atoms with Gasteiger partial charge in [0.25, 0.3) is 5.91 Å². The van der Waals surface area contributed by atoms with Crippen LogP contribution in [0.1, 0.15) is 41.1 Å². The smallest absolute Gasteiger partial charge is 0.281 e. The molecule has 13 heteroatoms. The van der Waals surface area contributed by atoms with Crippen molar-refractivity contribution in [3.63, 3.8) is 0 Å². The second-order valence-electron chi connectivity index (χ2n) is 7.91. The molecule has 0 saturated heterocycles. The van der Waals surface area contributed by atoms with Crippen LogP contribution in [0.3, 0.4) is 0 Å². The fraction of sp³-hybridized carbons (Fsp3) is 0.200. The number of hydrogen-bond acceptors (Lipinski definition) is 9. The van der Waals surface area contributed by atoms with Gasteiger partial charge in [-0.25, -0.2) is 9.07 Å². The number of halogens is 1. The second kappa shape index (κ2) is 12.4. The van der Waals surface area contributed by atoms with E-state index >= 15 is 0 Å². The number of nitrogens with one attached hydrogen (secondary N) is 2. The van der Waals surface area contributed by atoms with Gasteiger partial charge in [0.05, 0.1) is 24.2 Å². The van der Waals surface area contributed by atoms with Gasteiger partial charge in [-0.05, 0) is 61.9 Å². The maximum atomic E-state index is 13.3. The number of benzene rings is 2. The summed E-state index contributed by atoms with van der Waals surface area (Å²) in [5, 5.41) is 17.9. The highest BCUT2D eigenvalue weighted by Gasteiger charge is 2.21. The Morgan fingerprint density at radius 3 is 2.47 bits per heavy atom. The van der Waals surface area contributed by atoms with Crippen LogP contribution in [0.15, 0.2) is 59.1 Å². The van der Waals surface area contributed by atoms with Crippen LogP contribution < -0.4 is 15.4 Å². The molecule has 0 aliphatic heterocycles. The highest BCUT2D eigenvalue weighted by Crippen LogP contribution is 2.27. The van der Waals surface area contributed by atoms with E-state index in [9.17, 15) is 18.8 Å². The number of thioether (sulfide) groups is 1. The van der Waals surface area contributed by atoms with Crippen molar-refractivity contribution in [1.82, 2.24) is 20.0 Å². The van der Waals surface area contributed by atoms with E-state index in [1.54, 1.807) is 42.6 Å². The highest BCUT2D eigenvalue weighted by molar-refractivity contribution is 8.01. The van der Waals surface area contributed by atoms with Crippen LogP contribution in [0.2, 0.25) is 0 Å². The number of aromatic nitrogens is 4. The summed E-state index contributed by atoms with van der Waals surface area (Å²) in [4.78, 5) is 36.6. The zero-order valence-corrected chi connectivity index (χ0v) is 22.1. The average Bonchev–Trinajstić information content (AvgIpc) is 3.54. The predicted molar refractivity (Wildman–Crippen MR) is 143 cm³/mol. The van der Waals surface area contributed by atoms with E-state index in [0.29, 0.717) is 27.9 Å². The largest absolute Gasteiger partial charge is 0.489 e. The molecule has 2 aromatic carbocycles. The lowest BCUT2D eigenvalue weighted by atomic mass is 10.1. The molecule has 2 heterocycles. The summed E-state index contributed by atoms with van der Waals surface area (Å²) < 4.78 is 20.9. The van der Waals surface area contributed by atoms with Crippen LogP contribution >= 0.6 is 23.1 Å². The lowest BCUT2D eigenvalue weighted by Crippen LogP contribution is -2.14. The number of anilines is 2. The summed E-state index contributed by atoms with van der Waals surface area (Å²) in [6.45, 7) is 3.80. The summed E-state index contributed by atoms with van der Waals surface area (Å²) in [5.74, 6) is -0.878. The van der Waals surface area contributed by atoms with E-state index in [2.05, 4.69) is 25.9 Å². The minimum absolute atomic E-state index is 0.0438. The molecule has 4 aromatic rings. The van der Waals surface area contributed by atoms with E-state index in [1.165, 1.54) is 35.5 Å². The molecule has 2 N–H and O–H groups in total. The molecule has 0 spiro atoms. The zero-order valence-electron chi connectivity index (χ0n) is 20.4. The van der Waals surface area contributed by atoms with Crippen LogP contribution in [-0.2, 0) is 4.79 Å². The standard InChI is InChI=1S/C25H23FN6O4S2/c1-3-12-36-20-13-32(19-10-6-17(26)7-11-19)31-22(20)23(35)28-24-29-30-25(38-24)37-14-21(34)27-18-8-4-16(5-9-18)15(2)33/h4-11,13H,3,12,14H2,1-2H3,(H,27,34)(H,28,29,35). The normalized spacial score (nSPS) is 10.7. The minimum Gasteiger partial charge on any atom is -0.489 e. The van der Waals surface area contributed by atoms with Crippen molar-refractivity contribution in [1.29, 1.82) is 0 Å². The van der Waals surface area contributed by atoms with Gasteiger partial charge in [-0.1, -0.05) is 30.0 Å². The minimum atomic E-state index is -0.545. The van der Waals surface area contributed by atoms with Crippen LogP contribution in [0.25, 0.3) is 5.69 Å². The number of amides is 2. The molecule has 0 atom stereocenters. The summed E-state index contributed by atoms with van der Waals surface area (Å²) in [5.41, 5.74) is 1.75. The zero-order chi connectivity index (χ0) is 27.1. The van der Waals surface area contributed by atoms with Gasteiger partial charge in [0, 0.05) is 11.3 Å². The summed E-state index contributed by atoms with van der Waals surface area (Å²) in [6, 6.07) is 12.3. The van der Waals surface area contributed by atoms with Crippen LogP contribution in [0, 0.1) is 5.82 Å². The Balaban J connectivity index is 1.36. The van der Waals surface area contributed by atoms with E-state index < -0.39 is 5.91 Å². The van der Waals surface area contributed by atoms with Gasteiger partial charge >= 0.3 is 0 Å². The van der Waals surface area contributed by atoms with Crippen molar-refractivity contribution in [2.75, 3.05) is 23.0 Å². The maximum Gasteiger partial charge on any atom is 0.281 e. The van der Waals surface area contributed by atoms with E-state index in [4.69, 9.17) is 4.74 Å². The topological polar surface area (TPSA) is 128 Å². The summed E-state index contributed by atoms with van der Waals surface area (Å²) in [6.07, 6.45) is 2.29. The van der Waals surface area contributed by atoms with Gasteiger partial charge in [0.2, 0.25) is 11.0 Å². The third-order valence-electron chi connectivity index (χ3n) is 4.98. The summed E-state index contributed by atoms with van der Waals surface area (Å²) >= 11 is 2.28. The van der Waals surface area contributed by atoms with Crippen molar-refractivity contribution in [3.8, 4) is 11.4 Å². The highest BCUT2D eigenvalue weighted by atomic mass is 32.2. The number of carbonyl (C=O) groups excluding carboxylic acids is 3. The lowest BCUT2D eigenvalue weighted by molar-refractivity contribution is -0.113. The molecular formula is C25H23FN6O4S2. The van der Waals surface area contributed by atoms with Gasteiger partial charge in [0.15, 0.2) is 21.6 Å². The Morgan fingerprint density at radius 1 is 1.05 bits per heavy atom. The van der Waals surface area contributed by atoms with Gasteiger partial charge in [-0.2, -0.15) is 5.10 Å². The molecule has 0 radical (unpaired) electrons. The SMILES string of the molecule is CCCOc1cn(-c2ccc(F)cc2)nc1C(=O)Nc1nnc(SCC(=O)Nc2ccc(C(C)=O)cc2)s1. The molecule has 0 aliphatic carbocycles. The first-order valence-electron chi connectivity index (χ1n) is 11.5. The number of ketones is 1. The molecule has 0 bridgehead atoms. The molecule has 10 nitrogen and oxygen atoms in total. The molecule has 196 valence electrons. The number of rotatable bonds is 11. The van der Waals surface area contributed by atoms with Crippen molar-refractivity contribution in [3.05, 3.63) is 71.8 Å². The van der Waals surface area contributed by atoms with Crippen LogP contribution in [0.5, 0.6) is 5.75 Å². The Bertz CT molecular complexity index is 1440. The van der Waals surface area contributed by atoms with Crippen molar-refractivity contribution >= 4 is 51.5 Å². The van der Waals surface area contributed by atoms with E-state index in [-0.39, 0.29) is 39.8 Å². The Labute approximate surface area is 225 Å². The number of hydrogen-bond donors (Lipinski definition) is 2. The van der Waals surface area contributed by atoms with Crippen LogP contribution in [-0.4, -0.2) is 49.9 Å². The van der Waals surface area contributed by atoms with Gasteiger partial charge in [-0.15, -0.1) is 10.2 Å². The fourth-order valence-corrected chi connectivity index (χ4v) is 4.69. The number of ether oxygens (including phenoxy) is 1. The van der Waals surface area contributed by atoms with E-state index in [1.807, 2.05) is 6.92 Å². The van der Waals surface area contributed by atoms with E-state index in [0.717, 1.165) is 17.8 Å². The third-order valence-corrected chi connectivity index (χ3v) is 6.95. The lowest BCUT2D eigenvalue weighted by Gasteiger charge is -2.04. The first kappa shape index (κ1) is 26.9. The first-order valence-corrected chi connectivity index (χ1v) is 13.3. The molecule has 4 rings (SSSR count). The summed E-state index contributed by atoms with van der Waals surface area (Å²) in [7, 11) is 0.